The maximum absolute atomic E-state index is 14.3. The Balaban J connectivity index is 1.16. The van der Waals surface area contributed by atoms with Gasteiger partial charge in [0.05, 0.1) is 30.3 Å². The Morgan fingerprint density at radius 2 is 1.91 bits per heavy atom. The zero-order valence-electron chi connectivity index (χ0n) is 23.8. The van der Waals surface area contributed by atoms with Crippen LogP contribution in [0.5, 0.6) is 5.75 Å². The molecule has 5 aromatic rings. The summed E-state index contributed by atoms with van der Waals surface area (Å²) in [5.41, 5.74) is 4.79. The van der Waals surface area contributed by atoms with Gasteiger partial charge in [-0.2, -0.15) is 9.61 Å². The van der Waals surface area contributed by atoms with E-state index in [1.54, 1.807) is 29.0 Å². The van der Waals surface area contributed by atoms with E-state index in [9.17, 15) is 14.0 Å². The molecule has 2 atom stereocenters. The third kappa shape index (κ3) is 4.13. The minimum atomic E-state index is -0.455. The molecule has 4 aromatic heterocycles. The summed E-state index contributed by atoms with van der Waals surface area (Å²) in [5.74, 6) is 0.531. The summed E-state index contributed by atoms with van der Waals surface area (Å²) >= 11 is 0. The van der Waals surface area contributed by atoms with Gasteiger partial charge in [-0.25, -0.2) is 9.37 Å². The topological polar surface area (TPSA) is 143 Å². The summed E-state index contributed by atoms with van der Waals surface area (Å²) in [6.45, 7) is 0.517. The lowest BCUT2D eigenvalue weighted by Crippen LogP contribution is -2.46. The van der Waals surface area contributed by atoms with Gasteiger partial charge in [0, 0.05) is 53.9 Å². The fourth-order valence-electron chi connectivity index (χ4n) is 7.08. The molecule has 44 heavy (non-hydrogen) atoms. The zero-order valence-corrected chi connectivity index (χ0v) is 23.8. The standard InChI is InChI=1S/C31H28FN9O3/c1-44-25-7-3-16(12-22(25)32)23-6-2-17(13-34-23)21-14-37-41-29(21)38-27(26-24(42)8-9-33-30(26)41)18-10-19-4-5-20(11-18)40(19)31(43)28-35-15-36-39-28/h2-3,6-7,12-15,18-20,33H,4-5,8-11H2,1H3,(H,35,36,39). The molecule has 3 aliphatic heterocycles. The molecule has 13 heteroatoms. The molecule has 0 spiro atoms. The van der Waals surface area contributed by atoms with Crippen LogP contribution in [-0.4, -0.2) is 77.1 Å². The van der Waals surface area contributed by atoms with Crippen molar-refractivity contribution in [3.8, 4) is 28.1 Å². The first-order chi connectivity index (χ1) is 21.5. The number of carbonyl (C=O) groups excluding carboxylic acids is 2. The first-order valence-electron chi connectivity index (χ1n) is 14.7. The predicted octanol–water partition coefficient (Wildman–Crippen LogP) is 4.27. The van der Waals surface area contributed by atoms with E-state index in [2.05, 4.69) is 30.6 Å². The van der Waals surface area contributed by atoms with Crippen LogP contribution in [0.15, 0.2) is 49.1 Å². The van der Waals surface area contributed by atoms with E-state index >= 15 is 0 Å². The van der Waals surface area contributed by atoms with Gasteiger partial charge >= 0.3 is 0 Å². The van der Waals surface area contributed by atoms with Gasteiger partial charge in [0.25, 0.3) is 5.91 Å². The largest absolute Gasteiger partial charge is 0.494 e. The molecular formula is C31H28FN9O3. The second kappa shape index (κ2) is 10.2. The zero-order chi connectivity index (χ0) is 29.9. The molecule has 2 saturated heterocycles. The normalized spacial score (nSPS) is 20.9. The van der Waals surface area contributed by atoms with E-state index in [0.717, 1.165) is 29.7 Å². The summed E-state index contributed by atoms with van der Waals surface area (Å²) < 4.78 is 21.1. The lowest BCUT2D eigenvalue weighted by atomic mass is 9.84. The Morgan fingerprint density at radius 1 is 1.09 bits per heavy atom. The van der Waals surface area contributed by atoms with Gasteiger partial charge in [-0.05, 0) is 49.9 Å². The number of carbonyl (C=O) groups is 2. The number of H-pyrrole nitrogens is 1. The maximum atomic E-state index is 14.3. The number of rotatable bonds is 5. The van der Waals surface area contributed by atoms with E-state index in [1.807, 2.05) is 17.0 Å². The van der Waals surface area contributed by atoms with Crippen LogP contribution in [0.4, 0.5) is 10.2 Å². The number of amides is 1. The smallest absolute Gasteiger partial charge is 0.292 e. The number of ketones is 1. The average Bonchev–Trinajstić information content (AvgIpc) is 3.79. The van der Waals surface area contributed by atoms with Crippen LogP contribution in [0.25, 0.3) is 28.0 Å². The average molecular weight is 594 g/mol. The molecule has 222 valence electrons. The number of anilines is 1. The van der Waals surface area contributed by atoms with Gasteiger partial charge in [-0.3, -0.25) is 14.6 Å². The number of ether oxygens (including phenoxy) is 1. The highest BCUT2D eigenvalue weighted by atomic mass is 19.1. The highest BCUT2D eigenvalue weighted by molar-refractivity contribution is 6.04. The van der Waals surface area contributed by atoms with Crippen LogP contribution in [0.2, 0.25) is 0 Å². The lowest BCUT2D eigenvalue weighted by molar-refractivity contribution is 0.0556. The monoisotopic (exact) mass is 593 g/mol. The van der Waals surface area contributed by atoms with Crippen molar-refractivity contribution in [2.75, 3.05) is 19.0 Å². The van der Waals surface area contributed by atoms with Crippen LogP contribution in [0.3, 0.4) is 0 Å². The number of pyridine rings is 1. The lowest BCUT2D eigenvalue weighted by Gasteiger charge is -2.39. The molecule has 7 heterocycles. The first kappa shape index (κ1) is 26.4. The number of methoxy groups -OCH3 is 1. The molecule has 1 amide bonds. The van der Waals surface area contributed by atoms with Crippen LogP contribution in [0, 0.1) is 5.82 Å². The van der Waals surface area contributed by atoms with Gasteiger partial charge in [0.1, 0.15) is 12.1 Å². The molecular weight excluding hydrogens is 565 g/mol. The minimum absolute atomic E-state index is 0.00194. The van der Waals surface area contributed by atoms with Crippen molar-refractivity contribution in [2.45, 2.75) is 50.1 Å². The predicted molar refractivity (Wildman–Crippen MR) is 157 cm³/mol. The number of nitrogens with zero attached hydrogens (tertiary/aromatic N) is 7. The van der Waals surface area contributed by atoms with Crippen molar-refractivity contribution >= 4 is 23.2 Å². The second-order valence-electron chi connectivity index (χ2n) is 11.5. The van der Waals surface area contributed by atoms with Gasteiger partial charge in [-0.15, -0.1) is 10.2 Å². The molecule has 12 nitrogen and oxygen atoms in total. The molecule has 1 aromatic carbocycles. The van der Waals surface area contributed by atoms with Crippen LogP contribution >= 0.6 is 0 Å². The molecule has 0 saturated carbocycles. The maximum Gasteiger partial charge on any atom is 0.292 e. The van der Waals surface area contributed by atoms with Gasteiger partial charge in [0.15, 0.2) is 23.0 Å². The molecule has 2 bridgehead atoms. The summed E-state index contributed by atoms with van der Waals surface area (Å²) in [6.07, 6.45) is 8.46. The number of halogens is 1. The number of fused-ring (bicyclic) bond motifs is 5. The van der Waals surface area contributed by atoms with Crippen molar-refractivity contribution in [3.05, 3.63) is 72.0 Å². The summed E-state index contributed by atoms with van der Waals surface area (Å²) in [7, 11) is 1.43. The quantitative estimate of drug-likeness (QED) is 0.305. The van der Waals surface area contributed by atoms with Crippen molar-refractivity contribution in [1.29, 1.82) is 0 Å². The fraction of sp³-hybridized carbons (Fsp3) is 0.323. The summed E-state index contributed by atoms with van der Waals surface area (Å²) in [6, 6.07) is 8.54. The third-order valence-corrected chi connectivity index (χ3v) is 9.09. The highest BCUT2D eigenvalue weighted by Crippen LogP contribution is 2.45. The molecule has 2 unspecified atom stereocenters. The Hall–Kier alpha value is -5.20. The number of aromatic nitrogens is 7. The number of nitrogens with one attached hydrogen (secondary N) is 2. The molecule has 0 radical (unpaired) electrons. The van der Waals surface area contributed by atoms with E-state index in [0.29, 0.717) is 54.1 Å². The van der Waals surface area contributed by atoms with E-state index in [4.69, 9.17) is 9.72 Å². The van der Waals surface area contributed by atoms with Gasteiger partial charge in [-0.1, -0.05) is 6.07 Å². The fourth-order valence-corrected chi connectivity index (χ4v) is 7.08. The van der Waals surface area contributed by atoms with Crippen molar-refractivity contribution < 1.29 is 18.7 Å². The van der Waals surface area contributed by atoms with E-state index in [1.165, 1.54) is 19.5 Å². The highest BCUT2D eigenvalue weighted by Gasteiger charge is 2.46. The molecule has 3 aliphatic rings. The minimum Gasteiger partial charge on any atom is -0.494 e. The Labute approximate surface area is 250 Å². The van der Waals surface area contributed by atoms with E-state index < -0.39 is 5.82 Å². The van der Waals surface area contributed by atoms with Crippen molar-refractivity contribution in [2.24, 2.45) is 0 Å². The Morgan fingerprint density at radius 3 is 2.61 bits per heavy atom. The van der Waals surface area contributed by atoms with Gasteiger partial charge in [0.2, 0.25) is 5.82 Å². The van der Waals surface area contributed by atoms with Crippen LogP contribution in [0.1, 0.15) is 64.7 Å². The van der Waals surface area contributed by atoms with Gasteiger partial charge < -0.3 is 19.9 Å². The Bertz CT molecular complexity index is 1910. The first-order valence-corrected chi connectivity index (χ1v) is 14.7. The molecule has 2 fully saturated rings. The molecule has 2 N–H and O–H groups in total. The number of hydrogen-bond donors (Lipinski definition) is 2. The van der Waals surface area contributed by atoms with Crippen LogP contribution in [-0.2, 0) is 0 Å². The van der Waals surface area contributed by atoms with Crippen LogP contribution < -0.4 is 10.1 Å². The SMILES string of the molecule is COc1ccc(-c2ccc(-c3cnn4c5c(c(C6CC7CCC(C6)N7C(=O)c6nnc[nH]6)nc34)C(=O)CCN5)cn2)cc1F. The number of hydrogen-bond acceptors (Lipinski definition) is 9. The summed E-state index contributed by atoms with van der Waals surface area (Å²) in [4.78, 5) is 41.1. The van der Waals surface area contributed by atoms with Crippen molar-refractivity contribution in [1.82, 2.24) is 39.7 Å². The number of aromatic amines is 1. The van der Waals surface area contributed by atoms with E-state index in [-0.39, 0.29) is 41.3 Å². The third-order valence-electron chi connectivity index (χ3n) is 9.09. The molecule has 8 rings (SSSR count). The number of Topliss-reactive ketones (excluding diaryl/α,β-unsaturated/α-hetero) is 1. The number of benzene rings is 1. The molecule has 0 aliphatic carbocycles. The Kier molecular flexibility index (Phi) is 6.13. The van der Waals surface area contributed by atoms with Crippen molar-refractivity contribution in [3.63, 3.8) is 0 Å². The summed E-state index contributed by atoms with van der Waals surface area (Å²) in [5, 5.41) is 15.7. The second-order valence-corrected chi connectivity index (χ2v) is 11.5. The number of piperidine rings is 1.